The number of para-hydroxylation sites is 1. The number of carbonyl (C=O) groups is 1. The van der Waals surface area contributed by atoms with E-state index in [0.29, 0.717) is 29.8 Å². The van der Waals surface area contributed by atoms with Crippen LogP contribution >= 0.6 is 11.8 Å². The Kier molecular flexibility index (Phi) is 6.13. The lowest BCUT2D eigenvalue weighted by molar-refractivity contribution is -0.116. The van der Waals surface area contributed by atoms with Crippen LogP contribution in [0.4, 0.5) is 5.69 Å². The van der Waals surface area contributed by atoms with E-state index >= 15 is 0 Å². The van der Waals surface area contributed by atoms with Gasteiger partial charge in [0.15, 0.2) is 10.9 Å². The van der Waals surface area contributed by atoms with Crippen molar-refractivity contribution < 1.29 is 9.21 Å². The number of aryl methyl sites for hydroxylation is 1. The summed E-state index contributed by atoms with van der Waals surface area (Å²) in [5.41, 5.74) is 2.02. The number of anilines is 1. The highest BCUT2D eigenvalue weighted by molar-refractivity contribution is 7.99. The van der Waals surface area contributed by atoms with E-state index in [1.165, 1.54) is 11.8 Å². The second-order valence-corrected chi connectivity index (χ2v) is 6.84. The molecule has 0 spiro atoms. The van der Waals surface area contributed by atoms with E-state index in [9.17, 15) is 4.79 Å². The Morgan fingerprint density at radius 3 is 2.78 bits per heavy atom. The van der Waals surface area contributed by atoms with Crippen molar-refractivity contribution in [1.29, 1.82) is 0 Å². The second kappa shape index (κ2) is 8.73. The van der Waals surface area contributed by atoms with Crippen LogP contribution in [0.1, 0.15) is 12.5 Å². The minimum atomic E-state index is 0.0319. The SMILES string of the molecule is C=CCn1c(SCC(=O)N(CC)c2ccccc2C)nnc1-c1ccco1. The maximum Gasteiger partial charge on any atom is 0.237 e. The molecular formula is C20H22N4O2S. The van der Waals surface area contributed by atoms with Crippen LogP contribution in [0.25, 0.3) is 11.6 Å². The minimum absolute atomic E-state index is 0.0319. The number of rotatable bonds is 8. The van der Waals surface area contributed by atoms with Gasteiger partial charge in [-0.2, -0.15) is 0 Å². The Morgan fingerprint density at radius 1 is 1.30 bits per heavy atom. The quantitative estimate of drug-likeness (QED) is 0.432. The molecular weight excluding hydrogens is 360 g/mol. The third kappa shape index (κ3) is 4.14. The molecule has 0 aliphatic rings. The minimum Gasteiger partial charge on any atom is -0.461 e. The van der Waals surface area contributed by atoms with E-state index in [4.69, 9.17) is 4.42 Å². The molecule has 0 aliphatic heterocycles. The zero-order chi connectivity index (χ0) is 19.2. The molecule has 1 amide bonds. The van der Waals surface area contributed by atoms with Crippen LogP contribution in [0.5, 0.6) is 0 Å². The number of benzene rings is 1. The Balaban J connectivity index is 1.77. The molecule has 1 aromatic carbocycles. The molecule has 3 rings (SSSR count). The fourth-order valence-electron chi connectivity index (χ4n) is 2.83. The predicted octanol–water partition coefficient (Wildman–Crippen LogP) is 4.18. The first-order chi connectivity index (χ1) is 13.2. The summed E-state index contributed by atoms with van der Waals surface area (Å²) in [5, 5.41) is 9.12. The number of nitrogens with zero attached hydrogens (tertiary/aromatic N) is 4. The van der Waals surface area contributed by atoms with Crippen molar-refractivity contribution in [3.63, 3.8) is 0 Å². The van der Waals surface area contributed by atoms with E-state index < -0.39 is 0 Å². The van der Waals surface area contributed by atoms with Gasteiger partial charge in [0.05, 0.1) is 12.0 Å². The van der Waals surface area contributed by atoms with Crippen molar-refractivity contribution in [3.05, 3.63) is 60.9 Å². The molecule has 6 nitrogen and oxygen atoms in total. The van der Waals surface area contributed by atoms with Crippen LogP contribution in [0, 0.1) is 6.92 Å². The first-order valence-electron chi connectivity index (χ1n) is 8.72. The van der Waals surface area contributed by atoms with Crippen LogP contribution in [0.2, 0.25) is 0 Å². The summed E-state index contributed by atoms with van der Waals surface area (Å²) in [5.74, 6) is 1.57. The molecule has 3 aromatic rings. The Morgan fingerprint density at radius 2 is 2.11 bits per heavy atom. The highest BCUT2D eigenvalue weighted by Crippen LogP contribution is 2.26. The normalized spacial score (nSPS) is 10.7. The Hall–Kier alpha value is -2.80. The maximum absolute atomic E-state index is 12.8. The van der Waals surface area contributed by atoms with Gasteiger partial charge in [-0.3, -0.25) is 9.36 Å². The van der Waals surface area contributed by atoms with Crippen molar-refractivity contribution in [2.45, 2.75) is 25.5 Å². The maximum atomic E-state index is 12.8. The van der Waals surface area contributed by atoms with Crippen LogP contribution in [0.15, 0.2) is 64.9 Å². The predicted molar refractivity (Wildman–Crippen MR) is 108 cm³/mol. The van der Waals surface area contributed by atoms with Crippen LogP contribution < -0.4 is 4.90 Å². The number of carbonyl (C=O) groups excluding carboxylic acids is 1. The van der Waals surface area contributed by atoms with Gasteiger partial charge in [0, 0.05) is 18.8 Å². The first-order valence-corrected chi connectivity index (χ1v) is 9.71. The molecule has 7 heteroatoms. The van der Waals surface area contributed by atoms with E-state index in [1.54, 1.807) is 23.3 Å². The lowest BCUT2D eigenvalue weighted by atomic mass is 10.2. The largest absolute Gasteiger partial charge is 0.461 e. The second-order valence-electron chi connectivity index (χ2n) is 5.90. The molecule has 0 radical (unpaired) electrons. The number of allylic oxidation sites excluding steroid dienone is 1. The third-order valence-electron chi connectivity index (χ3n) is 4.12. The fourth-order valence-corrected chi connectivity index (χ4v) is 3.65. The van der Waals surface area contributed by atoms with Crippen LogP contribution in [-0.2, 0) is 11.3 Å². The summed E-state index contributed by atoms with van der Waals surface area (Å²) >= 11 is 1.37. The Bertz CT molecular complexity index is 918. The summed E-state index contributed by atoms with van der Waals surface area (Å²) in [6.07, 6.45) is 3.37. The number of hydrogen-bond donors (Lipinski definition) is 0. The van der Waals surface area contributed by atoms with Crippen LogP contribution in [-0.4, -0.2) is 33.0 Å². The van der Waals surface area contributed by atoms with E-state index in [-0.39, 0.29) is 11.7 Å². The molecule has 2 heterocycles. The van der Waals surface area contributed by atoms with Gasteiger partial charge in [-0.25, -0.2) is 0 Å². The fraction of sp³-hybridized carbons (Fsp3) is 0.250. The lowest BCUT2D eigenvalue weighted by Gasteiger charge is -2.22. The topological polar surface area (TPSA) is 64.2 Å². The highest BCUT2D eigenvalue weighted by atomic mass is 32.2. The molecule has 0 fully saturated rings. The number of aromatic nitrogens is 3. The zero-order valence-corrected chi connectivity index (χ0v) is 16.3. The van der Waals surface area contributed by atoms with Crippen molar-refractivity contribution >= 4 is 23.4 Å². The van der Waals surface area contributed by atoms with Gasteiger partial charge in [-0.15, -0.1) is 16.8 Å². The summed E-state index contributed by atoms with van der Waals surface area (Å²) in [7, 11) is 0. The summed E-state index contributed by atoms with van der Waals surface area (Å²) in [6, 6.07) is 11.5. The molecule has 0 bridgehead atoms. The lowest BCUT2D eigenvalue weighted by Crippen LogP contribution is -2.32. The third-order valence-corrected chi connectivity index (χ3v) is 5.07. The number of thioether (sulfide) groups is 1. The molecule has 0 aliphatic carbocycles. The molecule has 0 N–H and O–H groups in total. The van der Waals surface area contributed by atoms with Crippen molar-refractivity contribution in [3.8, 4) is 11.6 Å². The van der Waals surface area contributed by atoms with Crippen molar-refractivity contribution in [2.24, 2.45) is 0 Å². The van der Waals surface area contributed by atoms with Gasteiger partial charge < -0.3 is 9.32 Å². The molecule has 27 heavy (non-hydrogen) atoms. The smallest absolute Gasteiger partial charge is 0.237 e. The number of furan rings is 1. The molecule has 0 atom stereocenters. The molecule has 0 saturated heterocycles. The number of amides is 1. The molecule has 0 unspecified atom stereocenters. The standard InChI is InChI=1S/C20H22N4O2S/c1-4-12-24-19(17-11-8-13-26-17)21-22-20(24)27-14-18(25)23(5-2)16-10-7-6-9-15(16)3/h4,6-11,13H,1,5,12,14H2,2-3H3. The van der Waals surface area contributed by atoms with Crippen molar-refractivity contribution in [2.75, 3.05) is 17.2 Å². The van der Waals surface area contributed by atoms with Gasteiger partial charge in [-0.05, 0) is 37.6 Å². The molecule has 140 valence electrons. The van der Waals surface area contributed by atoms with Gasteiger partial charge in [-0.1, -0.05) is 36.0 Å². The highest BCUT2D eigenvalue weighted by Gasteiger charge is 2.19. The van der Waals surface area contributed by atoms with Gasteiger partial charge in [0.1, 0.15) is 0 Å². The Labute approximate surface area is 162 Å². The van der Waals surface area contributed by atoms with E-state index in [1.807, 2.05) is 48.7 Å². The van der Waals surface area contributed by atoms with Gasteiger partial charge >= 0.3 is 0 Å². The van der Waals surface area contributed by atoms with Gasteiger partial charge in [0.2, 0.25) is 11.7 Å². The average molecular weight is 382 g/mol. The summed E-state index contributed by atoms with van der Waals surface area (Å²) in [6.45, 7) is 8.93. The average Bonchev–Trinajstić information content (AvgIpc) is 3.32. The van der Waals surface area contributed by atoms with E-state index in [2.05, 4.69) is 16.8 Å². The zero-order valence-electron chi connectivity index (χ0n) is 15.5. The van der Waals surface area contributed by atoms with Gasteiger partial charge in [0.25, 0.3) is 0 Å². The summed E-state index contributed by atoms with van der Waals surface area (Å²) in [4.78, 5) is 14.6. The first kappa shape index (κ1) is 19.0. The van der Waals surface area contributed by atoms with Crippen molar-refractivity contribution in [1.82, 2.24) is 14.8 Å². The van der Waals surface area contributed by atoms with E-state index in [0.717, 1.165) is 11.3 Å². The number of hydrogen-bond acceptors (Lipinski definition) is 5. The molecule has 2 aromatic heterocycles. The molecule has 0 saturated carbocycles. The van der Waals surface area contributed by atoms with Crippen LogP contribution in [0.3, 0.4) is 0 Å². The summed E-state index contributed by atoms with van der Waals surface area (Å²) < 4.78 is 7.33. The monoisotopic (exact) mass is 382 g/mol.